The average Bonchev–Trinajstić information content (AvgIpc) is 3.44. The third-order valence-corrected chi connectivity index (χ3v) is 7.59. The van der Waals surface area contributed by atoms with Gasteiger partial charge in [-0.3, -0.25) is 9.48 Å². The Bertz CT molecular complexity index is 1400. The van der Waals surface area contributed by atoms with Crippen LogP contribution in [0.1, 0.15) is 45.0 Å². The summed E-state index contributed by atoms with van der Waals surface area (Å²) in [5, 5.41) is 16.2. The highest BCUT2D eigenvalue weighted by atomic mass is 32.1. The van der Waals surface area contributed by atoms with Crippen LogP contribution in [-0.4, -0.2) is 40.7 Å². The van der Waals surface area contributed by atoms with Crippen molar-refractivity contribution in [3.63, 3.8) is 0 Å². The summed E-state index contributed by atoms with van der Waals surface area (Å²) in [4.78, 5) is 15.8. The minimum Gasteiger partial charge on any atom is -0.333 e. The van der Waals surface area contributed by atoms with E-state index in [1.54, 1.807) is 37.9 Å². The predicted octanol–water partition coefficient (Wildman–Crippen LogP) is 5.22. The van der Waals surface area contributed by atoms with Crippen LogP contribution in [0.15, 0.2) is 36.5 Å². The Morgan fingerprint density at radius 3 is 2.78 bits per heavy atom. The van der Waals surface area contributed by atoms with Gasteiger partial charge >= 0.3 is 6.18 Å². The highest BCUT2D eigenvalue weighted by molar-refractivity contribution is 7.12. The van der Waals surface area contributed by atoms with Crippen molar-refractivity contribution >= 4 is 17.2 Å². The number of aryl methyl sites for hydroxylation is 1. The lowest BCUT2D eigenvalue weighted by atomic mass is 9.81. The van der Waals surface area contributed by atoms with Crippen LogP contribution in [0, 0.1) is 24.1 Å². The number of halogens is 4. The molecule has 0 aliphatic carbocycles. The summed E-state index contributed by atoms with van der Waals surface area (Å²) in [7, 11) is 1.75. The number of aromatic nitrogens is 2. The van der Waals surface area contributed by atoms with Gasteiger partial charge in [0.05, 0.1) is 6.54 Å². The summed E-state index contributed by atoms with van der Waals surface area (Å²) in [6, 6.07) is 6.32. The van der Waals surface area contributed by atoms with Crippen molar-refractivity contribution in [2.45, 2.75) is 39.0 Å². The standard InChI is InChI=1S/C26H25F4N5OS/c1-4-35-13-18(25(33-35)26(28,29)30)24-16(7-5-8-19(24)27)17-12-34(22(36)9-6-10-32-3)14-21-23(17)15(2)20(11-31)37-21/h5-9,13,17,32H,4,10,12,14H2,1-3H3/b9-6-/t17-/m0/s1. The number of hydrogen-bond acceptors (Lipinski definition) is 5. The number of alkyl halides is 3. The summed E-state index contributed by atoms with van der Waals surface area (Å²) in [6.45, 7) is 4.47. The van der Waals surface area contributed by atoms with Crippen molar-refractivity contribution in [1.29, 1.82) is 5.26 Å². The van der Waals surface area contributed by atoms with E-state index < -0.39 is 23.6 Å². The molecule has 0 spiro atoms. The summed E-state index contributed by atoms with van der Waals surface area (Å²) >= 11 is 1.25. The van der Waals surface area contributed by atoms with Crippen LogP contribution in [0.3, 0.4) is 0 Å². The van der Waals surface area contributed by atoms with Crippen LogP contribution in [-0.2, 0) is 24.1 Å². The lowest BCUT2D eigenvalue weighted by Crippen LogP contribution is -2.37. The van der Waals surface area contributed by atoms with E-state index in [2.05, 4.69) is 16.5 Å². The molecule has 1 aliphatic heterocycles. The Morgan fingerprint density at radius 2 is 2.14 bits per heavy atom. The molecule has 11 heteroatoms. The molecule has 0 fully saturated rings. The summed E-state index contributed by atoms with van der Waals surface area (Å²) in [5.41, 5.74) is 0.0437. The summed E-state index contributed by atoms with van der Waals surface area (Å²) in [6.07, 6.45) is -0.474. The second-order valence-electron chi connectivity index (χ2n) is 8.69. The molecule has 1 N–H and O–H groups in total. The molecule has 0 unspecified atom stereocenters. The molecule has 1 atom stereocenters. The molecule has 1 aromatic carbocycles. The van der Waals surface area contributed by atoms with Crippen LogP contribution in [0.25, 0.3) is 11.1 Å². The van der Waals surface area contributed by atoms with E-state index in [0.29, 0.717) is 22.5 Å². The molecule has 0 bridgehead atoms. The molecule has 4 rings (SSSR count). The van der Waals surface area contributed by atoms with E-state index >= 15 is 4.39 Å². The van der Waals surface area contributed by atoms with Crippen LogP contribution < -0.4 is 5.32 Å². The summed E-state index contributed by atoms with van der Waals surface area (Å²) < 4.78 is 58.4. The van der Waals surface area contributed by atoms with Crippen molar-refractivity contribution in [2.24, 2.45) is 0 Å². The molecular weight excluding hydrogens is 506 g/mol. The Labute approximate surface area is 215 Å². The van der Waals surface area contributed by atoms with Gasteiger partial charge in [0.15, 0.2) is 5.69 Å². The van der Waals surface area contributed by atoms with Crippen molar-refractivity contribution in [3.8, 4) is 17.2 Å². The molecule has 37 heavy (non-hydrogen) atoms. The van der Waals surface area contributed by atoms with E-state index in [9.17, 15) is 23.2 Å². The zero-order valence-electron chi connectivity index (χ0n) is 20.5. The maximum atomic E-state index is 15.4. The molecule has 2 aromatic heterocycles. The predicted molar refractivity (Wildman–Crippen MR) is 132 cm³/mol. The Morgan fingerprint density at radius 1 is 1.38 bits per heavy atom. The molecule has 0 radical (unpaired) electrons. The number of fused-ring (bicyclic) bond motifs is 1. The lowest BCUT2D eigenvalue weighted by Gasteiger charge is -2.34. The highest BCUT2D eigenvalue weighted by Crippen LogP contribution is 2.46. The van der Waals surface area contributed by atoms with Crippen LogP contribution >= 0.6 is 11.3 Å². The second kappa shape index (κ2) is 10.5. The van der Waals surface area contributed by atoms with Gasteiger partial charge in [-0.1, -0.05) is 18.2 Å². The highest BCUT2D eigenvalue weighted by Gasteiger charge is 2.40. The van der Waals surface area contributed by atoms with E-state index in [0.717, 1.165) is 21.2 Å². The number of carbonyl (C=O) groups excluding carboxylic acids is 1. The van der Waals surface area contributed by atoms with E-state index in [4.69, 9.17) is 0 Å². The average molecular weight is 532 g/mol. The zero-order chi connectivity index (χ0) is 26.9. The maximum Gasteiger partial charge on any atom is 0.435 e. The molecule has 0 saturated carbocycles. The van der Waals surface area contributed by atoms with Gasteiger partial charge in [0.2, 0.25) is 5.91 Å². The molecule has 194 valence electrons. The van der Waals surface area contributed by atoms with Crippen LogP contribution in [0.4, 0.5) is 17.6 Å². The number of amides is 1. The number of thiophene rings is 1. The Balaban J connectivity index is 1.92. The summed E-state index contributed by atoms with van der Waals surface area (Å²) in [5.74, 6) is -1.73. The molecule has 6 nitrogen and oxygen atoms in total. The van der Waals surface area contributed by atoms with Gasteiger partial charge in [-0.25, -0.2) is 4.39 Å². The fourth-order valence-corrected chi connectivity index (χ4v) is 5.89. The van der Waals surface area contributed by atoms with E-state index in [1.165, 1.54) is 29.7 Å². The fraction of sp³-hybridized carbons (Fsp3) is 0.346. The number of rotatable bonds is 6. The van der Waals surface area contributed by atoms with Crippen LogP contribution in [0.2, 0.25) is 0 Å². The molecule has 0 saturated heterocycles. The van der Waals surface area contributed by atoms with Gasteiger partial charge in [-0.2, -0.15) is 23.5 Å². The third kappa shape index (κ3) is 5.04. The monoisotopic (exact) mass is 531 g/mol. The number of nitriles is 1. The number of likely N-dealkylation sites (N-methyl/N-ethyl adjacent to an activating group) is 1. The SMILES string of the molecule is CCn1cc(-c2c(F)cccc2[C@@H]2CN(C(=O)/C=C\CNC)Cc3sc(C#N)c(C)c32)c(C(F)(F)F)n1. The quantitative estimate of drug-likeness (QED) is 0.350. The minimum absolute atomic E-state index is 0.123. The largest absolute Gasteiger partial charge is 0.435 e. The normalized spacial score (nSPS) is 15.7. The van der Waals surface area contributed by atoms with Gasteiger partial charge in [0.1, 0.15) is 16.8 Å². The molecular formula is C26H25F4N5OS. The topological polar surface area (TPSA) is 74.0 Å². The number of nitrogens with one attached hydrogen (secondary N) is 1. The minimum atomic E-state index is -4.79. The van der Waals surface area contributed by atoms with E-state index in [1.807, 2.05) is 0 Å². The van der Waals surface area contributed by atoms with Gasteiger partial charge in [0, 0.05) is 53.8 Å². The maximum absolute atomic E-state index is 15.4. The Kier molecular flexibility index (Phi) is 7.52. The van der Waals surface area contributed by atoms with Gasteiger partial charge in [-0.15, -0.1) is 11.3 Å². The molecule has 1 amide bonds. The smallest absolute Gasteiger partial charge is 0.333 e. The first kappa shape index (κ1) is 26.6. The zero-order valence-corrected chi connectivity index (χ0v) is 21.3. The number of carbonyl (C=O) groups is 1. The first-order valence-electron chi connectivity index (χ1n) is 11.7. The number of benzene rings is 1. The van der Waals surface area contributed by atoms with Gasteiger partial charge in [-0.05, 0) is 43.7 Å². The molecule has 1 aliphatic rings. The second-order valence-corrected chi connectivity index (χ2v) is 9.79. The first-order valence-corrected chi connectivity index (χ1v) is 12.5. The Hall–Kier alpha value is -3.49. The van der Waals surface area contributed by atoms with Crippen molar-refractivity contribution < 1.29 is 22.4 Å². The fourth-order valence-electron chi connectivity index (χ4n) is 4.71. The number of nitrogens with zero attached hydrogens (tertiary/aromatic N) is 4. The van der Waals surface area contributed by atoms with Crippen LogP contribution in [0.5, 0.6) is 0 Å². The number of hydrogen-bond donors (Lipinski definition) is 1. The van der Waals surface area contributed by atoms with Crippen molar-refractivity contribution in [3.05, 3.63) is 74.5 Å². The first-order chi connectivity index (χ1) is 17.6. The van der Waals surface area contributed by atoms with Gasteiger partial charge < -0.3 is 10.2 Å². The molecule has 3 aromatic rings. The lowest BCUT2D eigenvalue weighted by molar-refractivity contribution is -0.141. The van der Waals surface area contributed by atoms with Gasteiger partial charge in [0.25, 0.3) is 0 Å². The molecule has 3 heterocycles. The third-order valence-electron chi connectivity index (χ3n) is 6.40. The van der Waals surface area contributed by atoms with Crippen molar-refractivity contribution in [2.75, 3.05) is 20.1 Å². The van der Waals surface area contributed by atoms with E-state index in [-0.39, 0.29) is 36.7 Å². The van der Waals surface area contributed by atoms with Crippen molar-refractivity contribution in [1.82, 2.24) is 20.0 Å².